The molecule has 0 aliphatic carbocycles. The number of benzene rings is 1. The normalized spacial score (nSPS) is 11.0. The van der Waals surface area contributed by atoms with E-state index in [-0.39, 0.29) is 0 Å². The van der Waals surface area contributed by atoms with Gasteiger partial charge >= 0.3 is 0 Å². The average Bonchev–Trinajstić information content (AvgIpc) is 2.91. The Bertz CT molecular complexity index is 849. The van der Waals surface area contributed by atoms with Gasteiger partial charge in [-0.2, -0.15) is 0 Å². The Morgan fingerprint density at radius 2 is 1.83 bits per heavy atom. The smallest absolute Gasteiger partial charge is 0.145 e. The van der Waals surface area contributed by atoms with Crippen LogP contribution in [0.2, 0.25) is 5.02 Å². The highest BCUT2D eigenvalue weighted by atomic mass is 35.5. The first-order chi connectivity index (χ1) is 11.2. The van der Waals surface area contributed by atoms with Crippen molar-refractivity contribution in [2.75, 3.05) is 0 Å². The Kier molecular flexibility index (Phi) is 4.35. The van der Waals surface area contributed by atoms with Gasteiger partial charge < -0.3 is 0 Å². The maximum absolute atomic E-state index is 6.01. The monoisotopic (exact) mass is 322 g/mol. The molecule has 0 N–H and O–H groups in total. The van der Waals surface area contributed by atoms with Crippen molar-refractivity contribution in [2.24, 2.45) is 4.99 Å². The van der Waals surface area contributed by atoms with Crippen LogP contribution in [0, 0.1) is 6.92 Å². The molecule has 2 aromatic heterocycles. The lowest BCUT2D eigenvalue weighted by molar-refractivity contribution is 1.01. The molecular formula is C18H15ClN4. The van der Waals surface area contributed by atoms with Gasteiger partial charge in [0.25, 0.3) is 0 Å². The summed E-state index contributed by atoms with van der Waals surface area (Å²) in [5.41, 5.74) is 3.85. The van der Waals surface area contributed by atoms with E-state index in [1.54, 1.807) is 18.6 Å². The zero-order chi connectivity index (χ0) is 16.2. The first kappa shape index (κ1) is 15.2. The third-order valence-corrected chi connectivity index (χ3v) is 3.76. The van der Waals surface area contributed by atoms with Gasteiger partial charge in [0.15, 0.2) is 0 Å². The molecule has 0 atom stereocenters. The van der Waals surface area contributed by atoms with Gasteiger partial charge in [0.05, 0.1) is 5.69 Å². The van der Waals surface area contributed by atoms with Gasteiger partial charge in [-0.05, 0) is 56.1 Å². The number of imidazole rings is 1. The minimum atomic E-state index is 0.702. The van der Waals surface area contributed by atoms with Crippen LogP contribution in [-0.4, -0.2) is 21.3 Å². The zero-order valence-electron chi connectivity index (χ0n) is 12.6. The van der Waals surface area contributed by atoms with E-state index >= 15 is 0 Å². The molecule has 0 amide bonds. The highest BCUT2D eigenvalue weighted by Gasteiger charge is 2.15. The third kappa shape index (κ3) is 3.07. The molecule has 0 bridgehead atoms. The van der Waals surface area contributed by atoms with Crippen LogP contribution in [0.5, 0.6) is 0 Å². The lowest BCUT2D eigenvalue weighted by atomic mass is 10.2. The van der Waals surface area contributed by atoms with E-state index in [1.807, 2.05) is 49.4 Å². The quantitative estimate of drug-likeness (QED) is 0.660. The number of nitrogens with zero attached hydrogens (tertiary/aromatic N) is 4. The van der Waals surface area contributed by atoms with E-state index in [0.29, 0.717) is 5.02 Å². The van der Waals surface area contributed by atoms with Crippen molar-refractivity contribution in [3.63, 3.8) is 0 Å². The second-order valence-corrected chi connectivity index (χ2v) is 5.39. The highest BCUT2D eigenvalue weighted by Crippen LogP contribution is 2.27. The van der Waals surface area contributed by atoms with Crippen LogP contribution in [-0.2, 0) is 0 Å². The fourth-order valence-corrected chi connectivity index (χ4v) is 2.53. The molecule has 0 saturated heterocycles. The van der Waals surface area contributed by atoms with Gasteiger partial charge in [-0.1, -0.05) is 11.6 Å². The van der Waals surface area contributed by atoms with Gasteiger partial charge in [-0.25, -0.2) is 4.98 Å². The Morgan fingerprint density at radius 3 is 2.48 bits per heavy atom. The van der Waals surface area contributed by atoms with Crippen LogP contribution in [0.4, 0.5) is 0 Å². The van der Waals surface area contributed by atoms with E-state index in [4.69, 9.17) is 16.6 Å². The second-order valence-electron chi connectivity index (χ2n) is 4.95. The van der Waals surface area contributed by atoms with Crippen molar-refractivity contribution < 1.29 is 0 Å². The summed E-state index contributed by atoms with van der Waals surface area (Å²) in [7, 11) is 0. The van der Waals surface area contributed by atoms with Crippen LogP contribution in [0.15, 0.2) is 60.0 Å². The number of halogens is 1. The number of rotatable bonds is 4. The molecule has 23 heavy (non-hydrogen) atoms. The summed E-state index contributed by atoms with van der Waals surface area (Å²) in [6, 6.07) is 11.6. The topological polar surface area (TPSA) is 43.1 Å². The fraction of sp³-hybridized carbons (Fsp3) is 0.0556. The van der Waals surface area contributed by atoms with E-state index in [1.165, 1.54) is 0 Å². The molecule has 0 fully saturated rings. The predicted molar refractivity (Wildman–Crippen MR) is 95.1 cm³/mol. The lowest BCUT2D eigenvalue weighted by Crippen LogP contribution is -1.99. The molecule has 3 aromatic rings. The van der Waals surface area contributed by atoms with Crippen molar-refractivity contribution in [1.29, 1.82) is 0 Å². The van der Waals surface area contributed by atoms with Gasteiger partial charge in [0.2, 0.25) is 0 Å². The van der Waals surface area contributed by atoms with Gasteiger partial charge in [0.1, 0.15) is 5.82 Å². The fourth-order valence-electron chi connectivity index (χ4n) is 2.40. The summed E-state index contributed by atoms with van der Waals surface area (Å²) in [5, 5.41) is 0.702. The lowest BCUT2D eigenvalue weighted by Gasteiger charge is -2.10. The van der Waals surface area contributed by atoms with Crippen LogP contribution in [0.1, 0.15) is 11.4 Å². The van der Waals surface area contributed by atoms with Crippen LogP contribution < -0.4 is 0 Å². The molecule has 0 aliphatic heterocycles. The Balaban J connectivity index is 2.23. The SMILES string of the molecule is C=N/C=C\c1nc(-c2ccncc2)n(-c2ccc(Cl)cc2)c1C. The number of hydrogen-bond donors (Lipinski definition) is 0. The minimum absolute atomic E-state index is 0.702. The summed E-state index contributed by atoms with van der Waals surface area (Å²) in [6.45, 7) is 5.49. The summed E-state index contributed by atoms with van der Waals surface area (Å²) in [4.78, 5) is 12.6. The van der Waals surface area contributed by atoms with E-state index in [2.05, 4.69) is 21.3 Å². The number of aliphatic imine (C=N–C) groups is 1. The van der Waals surface area contributed by atoms with Crippen LogP contribution >= 0.6 is 11.6 Å². The van der Waals surface area contributed by atoms with Gasteiger partial charge in [-0.15, -0.1) is 0 Å². The molecule has 5 heteroatoms. The van der Waals surface area contributed by atoms with Crippen molar-refractivity contribution >= 4 is 24.4 Å². The summed E-state index contributed by atoms with van der Waals surface area (Å²) < 4.78 is 2.09. The molecule has 0 aliphatic rings. The van der Waals surface area contributed by atoms with Crippen molar-refractivity contribution in [3.8, 4) is 17.1 Å². The van der Waals surface area contributed by atoms with Gasteiger partial charge in [-0.3, -0.25) is 14.5 Å². The average molecular weight is 323 g/mol. The first-order valence-corrected chi connectivity index (χ1v) is 7.46. The van der Waals surface area contributed by atoms with Crippen molar-refractivity contribution in [3.05, 3.63) is 71.4 Å². The summed E-state index contributed by atoms with van der Waals surface area (Å²) in [6.07, 6.45) is 7.00. The van der Waals surface area contributed by atoms with Crippen molar-refractivity contribution in [2.45, 2.75) is 6.92 Å². The highest BCUT2D eigenvalue weighted by molar-refractivity contribution is 6.30. The van der Waals surface area contributed by atoms with Crippen LogP contribution in [0.25, 0.3) is 23.2 Å². The first-order valence-electron chi connectivity index (χ1n) is 7.09. The maximum Gasteiger partial charge on any atom is 0.145 e. The predicted octanol–water partition coefficient (Wildman–Crippen LogP) is 4.57. The second kappa shape index (κ2) is 6.58. The Labute approximate surface area is 139 Å². The van der Waals surface area contributed by atoms with E-state index in [9.17, 15) is 0 Å². The molecule has 2 heterocycles. The molecule has 0 saturated carbocycles. The van der Waals surface area contributed by atoms with Crippen LogP contribution in [0.3, 0.4) is 0 Å². The van der Waals surface area contributed by atoms with Gasteiger partial charge in [0, 0.05) is 40.6 Å². The number of aromatic nitrogens is 3. The number of hydrogen-bond acceptors (Lipinski definition) is 3. The third-order valence-electron chi connectivity index (χ3n) is 3.51. The zero-order valence-corrected chi connectivity index (χ0v) is 13.4. The minimum Gasteiger partial charge on any atom is -0.296 e. The molecule has 0 spiro atoms. The molecule has 0 unspecified atom stereocenters. The molecule has 3 rings (SSSR count). The van der Waals surface area contributed by atoms with E-state index in [0.717, 1.165) is 28.5 Å². The summed E-state index contributed by atoms with van der Waals surface area (Å²) in [5.74, 6) is 0.843. The van der Waals surface area contributed by atoms with Crippen molar-refractivity contribution in [1.82, 2.24) is 14.5 Å². The molecular weight excluding hydrogens is 308 g/mol. The molecule has 4 nitrogen and oxygen atoms in total. The standard InChI is InChI=1S/C18H15ClN4/c1-13-17(9-10-20-2)22-18(14-7-11-21-12-8-14)23(13)16-5-3-15(19)4-6-16/h3-12H,2H2,1H3/b10-9-. The molecule has 1 aromatic carbocycles. The largest absolute Gasteiger partial charge is 0.296 e. The molecule has 114 valence electrons. The Hall–Kier alpha value is -2.72. The molecule has 0 radical (unpaired) electrons. The van der Waals surface area contributed by atoms with E-state index < -0.39 is 0 Å². The Morgan fingerprint density at radius 1 is 1.13 bits per heavy atom. The number of pyridine rings is 1. The summed E-state index contributed by atoms with van der Waals surface area (Å²) >= 11 is 6.01. The maximum atomic E-state index is 6.01.